The number of aromatic nitrogens is 2. The molecule has 186 valence electrons. The molecule has 0 saturated heterocycles. The van der Waals surface area contributed by atoms with Crippen LogP contribution in [0.4, 0.5) is 0 Å². The molecule has 0 aliphatic rings. The number of carbonyl (C=O) groups is 1. The van der Waals surface area contributed by atoms with Crippen LogP contribution in [0.15, 0.2) is 71.5 Å². The quantitative estimate of drug-likeness (QED) is 0.286. The normalized spacial score (nSPS) is 12.0. The van der Waals surface area contributed by atoms with Crippen LogP contribution in [-0.4, -0.2) is 26.9 Å². The first-order valence-corrected chi connectivity index (χ1v) is 12.8. The fraction of sp³-hybridized carbons (Fsp3) is 0.323. The van der Waals surface area contributed by atoms with E-state index >= 15 is 0 Å². The molecule has 36 heavy (non-hydrogen) atoms. The van der Waals surface area contributed by atoms with Crippen molar-refractivity contribution in [1.82, 2.24) is 14.5 Å². The second-order valence-electron chi connectivity index (χ2n) is 9.47. The van der Waals surface area contributed by atoms with Crippen LogP contribution in [0.2, 0.25) is 0 Å². The van der Waals surface area contributed by atoms with Gasteiger partial charge in [-0.2, -0.15) is 0 Å². The maximum Gasteiger partial charge on any atom is 0.266 e. The van der Waals surface area contributed by atoms with Crippen LogP contribution in [0.25, 0.3) is 16.6 Å². The molecule has 0 aliphatic heterocycles. The van der Waals surface area contributed by atoms with Crippen molar-refractivity contribution in [2.24, 2.45) is 0 Å². The first-order chi connectivity index (χ1) is 17.3. The van der Waals surface area contributed by atoms with Crippen LogP contribution in [-0.2, 0) is 6.42 Å². The predicted molar refractivity (Wildman–Crippen MR) is 147 cm³/mol. The maximum absolute atomic E-state index is 13.8. The van der Waals surface area contributed by atoms with Crippen molar-refractivity contribution in [3.63, 3.8) is 0 Å². The number of fused-ring (bicyclic) bond motifs is 1. The Morgan fingerprint density at radius 3 is 2.36 bits per heavy atom. The van der Waals surface area contributed by atoms with Crippen molar-refractivity contribution >= 4 is 16.8 Å². The van der Waals surface area contributed by atoms with Gasteiger partial charge >= 0.3 is 0 Å². The zero-order chi connectivity index (χ0) is 25.8. The summed E-state index contributed by atoms with van der Waals surface area (Å²) in [6.07, 6.45) is 2.75. The topological polar surface area (TPSA) is 55.2 Å². The van der Waals surface area contributed by atoms with Gasteiger partial charge in [0.1, 0.15) is 5.82 Å². The maximum atomic E-state index is 13.8. The molecule has 0 spiro atoms. The smallest absolute Gasteiger partial charge is 0.266 e. The lowest BCUT2D eigenvalue weighted by Gasteiger charge is -2.31. The lowest BCUT2D eigenvalue weighted by Crippen LogP contribution is -2.38. The molecule has 1 unspecified atom stereocenters. The van der Waals surface area contributed by atoms with E-state index in [2.05, 4.69) is 20.8 Å². The highest BCUT2D eigenvalue weighted by atomic mass is 16.2. The number of nitrogens with zero attached hydrogens (tertiary/aromatic N) is 3. The van der Waals surface area contributed by atoms with Gasteiger partial charge in [-0.1, -0.05) is 50.6 Å². The zero-order valence-electron chi connectivity index (χ0n) is 21.9. The van der Waals surface area contributed by atoms with Gasteiger partial charge in [-0.3, -0.25) is 14.2 Å². The SMILES string of the molecule is CCCCN(C(=O)c1ccc(CC)cc1)C(C)c1nc2ccccc2c(=O)n1-c1ccc(C)c(C)c1. The van der Waals surface area contributed by atoms with E-state index in [1.165, 1.54) is 5.56 Å². The third kappa shape index (κ3) is 4.97. The van der Waals surface area contributed by atoms with Crippen molar-refractivity contribution in [3.8, 4) is 5.69 Å². The van der Waals surface area contributed by atoms with Crippen LogP contribution in [0.1, 0.15) is 72.5 Å². The largest absolute Gasteiger partial charge is 0.329 e. The van der Waals surface area contributed by atoms with Gasteiger partial charge in [0.25, 0.3) is 11.5 Å². The predicted octanol–water partition coefficient (Wildman–Crippen LogP) is 6.57. The lowest BCUT2D eigenvalue weighted by molar-refractivity contribution is 0.0678. The molecule has 5 heteroatoms. The van der Waals surface area contributed by atoms with Crippen molar-refractivity contribution in [2.75, 3.05) is 6.54 Å². The zero-order valence-corrected chi connectivity index (χ0v) is 21.9. The Labute approximate surface area is 213 Å². The monoisotopic (exact) mass is 481 g/mol. The van der Waals surface area contributed by atoms with Crippen LogP contribution >= 0.6 is 0 Å². The van der Waals surface area contributed by atoms with Crippen LogP contribution in [0.5, 0.6) is 0 Å². The van der Waals surface area contributed by atoms with Gasteiger partial charge in [0.2, 0.25) is 0 Å². The third-order valence-corrected chi connectivity index (χ3v) is 7.01. The number of hydrogen-bond acceptors (Lipinski definition) is 3. The number of aryl methyl sites for hydroxylation is 3. The van der Waals surface area contributed by atoms with Crippen LogP contribution in [0, 0.1) is 13.8 Å². The molecule has 0 saturated carbocycles. The minimum atomic E-state index is -0.409. The Bertz CT molecular complexity index is 1440. The van der Waals surface area contributed by atoms with Crippen LogP contribution < -0.4 is 5.56 Å². The fourth-order valence-electron chi connectivity index (χ4n) is 4.53. The first-order valence-electron chi connectivity index (χ1n) is 12.8. The van der Waals surface area contributed by atoms with Gasteiger partial charge in [0.15, 0.2) is 0 Å². The van der Waals surface area contributed by atoms with Crippen molar-refractivity contribution < 1.29 is 4.79 Å². The van der Waals surface area contributed by atoms with Gasteiger partial charge in [-0.15, -0.1) is 0 Å². The summed E-state index contributed by atoms with van der Waals surface area (Å²) in [6.45, 7) is 10.9. The van der Waals surface area contributed by atoms with E-state index in [4.69, 9.17) is 4.98 Å². The molecule has 4 rings (SSSR count). The summed E-state index contributed by atoms with van der Waals surface area (Å²) in [5.41, 5.74) is 5.38. The summed E-state index contributed by atoms with van der Waals surface area (Å²) in [7, 11) is 0. The first kappa shape index (κ1) is 25.4. The lowest BCUT2D eigenvalue weighted by atomic mass is 10.1. The van der Waals surface area contributed by atoms with Gasteiger partial charge in [-0.05, 0) is 86.7 Å². The number of unbranched alkanes of at least 4 members (excludes halogenated alkanes) is 1. The average molecular weight is 482 g/mol. The highest BCUT2D eigenvalue weighted by Crippen LogP contribution is 2.26. The van der Waals surface area contributed by atoms with Crippen molar-refractivity contribution in [1.29, 1.82) is 0 Å². The summed E-state index contributed by atoms with van der Waals surface area (Å²) in [6, 6.07) is 20.8. The van der Waals surface area contributed by atoms with E-state index in [-0.39, 0.29) is 11.5 Å². The van der Waals surface area contributed by atoms with Gasteiger partial charge < -0.3 is 4.90 Å². The third-order valence-electron chi connectivity index (χ3n) is 7.01. The molecular formula is C31H35N3O2. The van der Waals surface area contributed by atoms with Crippen molar-refractivity contribution in [2.45, 2.75) is 59.9 Å². The summed E-state index contributed by atoms with van der Waals surface area (Å²) in [5.74, 6) is 0.518. The Balaban J connectivity index is 1.89. The van der Waals surface area contributed by atoms with E-state index < -0.39 is 6.04 Å². The van der Waals surface area contributed by atoms with Crippen molar-refractivity contribution in [3.05, 3.63) is 105 Å². The molecule has 3 aromatic carbocycles. The molecule has 4 aromatic rings. The number of carbonyl (C=O) groups excluding carboxylic acids is 1. The van der Waals surface area contributed by atoms with E-state index in [0.717, 1.165) is 36.1 Å². The average Bonchev–Trinajstić information content (AvgIpc) is 2.90. The highest BCUT2D eigenvalue weighted by molar-refractivity contribution is 5.94. The molecule has 0 aliphatic carbocycles. The number of benzene rings is 3. The highest BCUT2D eigenvalue weighted by Gasteiger charge is 2.27. The minimum absolute atomic E-state index is 0.0485. The van der Waals surface area contributed by atoms with Gasteiger partial charge in [0, 0.05) is 12.1 Å². The van der Waals surface area contributed by atoms with E-state index in [0.29, 0.717) is 28.8 Å². The molecular weight excluding hydrogens is 446 g/mol. The van der Waals surface area contributed by atoms with Crippen LogP contribution in [0.3, 0.4) is 0 Å². The summed E-state index contributed by atoms with van der Waals surface area (Å²) < 4.78 is 1.69. The Morgan fingerprint density at radius 1 is 0.972 bits per heavy atom. The molecule has 0 bridgehead atoms. The second-order valence-corrected chi connectivity index (χ2v) is 9.47. The Kier molecular flexibility index (Phi) is 7.68. The molecule has 1 heterocycles. The van der Waals surface area contributed by atoms with Gasteiger partial charge in [0.05, 0.1) is 22.6 Å². The minimum Gasteiger partial charge on any atom is -0.329 e. The number of para-hydroxylation sites is 1. The molecule has 0 fully saturated rings. The van der Waals surface area contributed by atoms with E-state index in [9.17, 15) is 9.59 Å². The number of amides is 1. The number of hydrogen-bond donors (Lipinski definition) is 0. The van der Waals surface area contributed by atoms with E-state index in [1.54, 1.807) is 4.57 Å². The van der Waals surface area contributed by atoms with Gasteiger partial charge in [-0.25, -0.2) is 4.98 Å². The molecule has 1 atom stereocenters. The summed E-state index contributed by atoms with van der Waals surface area (Å²) in [4.78, 5) is 34.4. The molecule has 0 N–H and O–H groups in total. The Hall–Kier alpha value is -3.73. The molecule has 1 amide bonds. The molecule has 1 aromatic heterocycles. The summed E-state index contributed by atoms with van der Waals surface area (Å²) in [5, 5.41) is 0.563. The Morgan fingerprint density at radius 2 is 1.69 bits per heavy atom. The number of rotatable bonds is 8. The molecule has 0 radical (unpaired) electrons. The second kappa shape index (κ2) is 10.9. The molecule has 5 nitrogen and oxygen atoms in total. The van der Waals surface area contributed by atoms with E-state index in [1.807, 2.05) is 85.5 Å². The fourth-order valence-corrected chi connectivity index (χ4v) is 4.53. The standard InChI is InChI=1S/C31H35N3O2/c1-6-8-19-33(30(35)25-16-14-24(7-2)15-17-25)23(5)29-32-28-12-10-9-11-27(28)31(36)34(29)26-18-13-21(3)22(4)20-26/h9-18,20,23H,6-8,19H2,1-5H3. The summed E-state index contributed by atoms with van der Waals surface area (Å²) >= 11 is 0.